The van der Waals surface area contributed by atoms with Crippen LogP contribution in [-0.4, -0.2) is 191 Å². The lowest BCUT2D eigenvalue weighted by Gasteiger charge is -2.10. The Morgan fingerprint density at radius 1 is 0.389 bits per heavy atom. The van der Waals surface area contributed by atoms with Crippen LogP contribution in [0.2, 0.25) is 15.2 Å². The van der Waals surface area contributed by atoms with E-state index in [1.807, 2.05) is 38.1 Å². The number of hydrogen-bond acceptors (Lipinski definition) is 23. The standard InChI is InChI=1S/C14H14ClNO4.C14H15NO5.C14H15NO4.C13H13NO4.C10H6ClNO2.C10H8ClN.C6H6BN.2H2O/c1-18-5-6-20-12-8-13(15)16-11-7-9(14(17)19-2)3-4-10(11)12;1-18-7-8-20-13-5-6-15(17)12-9-10(14(16)19-2)3-4-11(12)13;1-17-7-8-19-13-5-6-15-12-9-10(14(16)18-2)3-4-11(12)13;1-17-6-7-18-12-4-5-14-11-8-9(13(15)16)2-3-10(11)12;11-8-3-4-12-9-5-6(10(13)14)1-2-7(8)9;1-7-2-3-8-9(11)4-5-12-10(8)6-7;1-5-4-6(7)2-3-8-5;;/h3-4,7-8H,5-6H2,1-2H3;3-6,9H,7-8H2,1-2H3;3-6,9H,7-8H2,1-2H3;2-5,8H,6-7H2,1H3,(H,15,16);1-5H,(H,13,14);2-6H,1H3;2-4H,1H3;2*1H2. The number of pyridine rings is 7. The van der Waals surface area contributed by atoms with E-state index in [-0.39, 0.29) is 28.0 Å². The lowest BCUT2D eigenvalue weighted by atomic mass is 9.97. The van der Waals surface area contributed by atoms with E-state index in [1.54, 1.807) is 163 Å². The van der Waals surface area contributed by atoms with Crippen LogP contribution >= 0.6 is 34.8 Å². The van der Waals surface area contributed by atoms with Crippen molar-refractivity contribution in [2.75, 3.05) is 103 Å². The fraction of sp³-hybridized carbons (Fsp3) is 0.210. The van der Waals surface area contributed by atoms with Crippen LogP contribution in [0.5, 0.6) is 23.0 Å². The first kappa shape index (κ1) is 91.6. The Bertz CT molecular complexity index is 5330. The van der Waals surface area contributed by atoms with Crippen molar-refractivity contribution in [2.24, 2.45) is 0 Å². The molecule has 590 valence electrons. The molecule has 2 radical (unpaired) electrons. The molecule has 32 heteroatoms. The number of carbonyl (C=O) groups excluding carboxylic acids is 3. The summed E-state index contributed by atoms with van der Waals surface area (Å²) in [5, 5.41) is 35.9. The van der Waals surface area contributed by atoms with Gasteiger partial charge in [0.25, 0.3) is 0 Å². The molecule has 7 heterocycles. The van der Waals surface area contributed by atoms with Crippen LogP contribution in [0.4, 0.5) is 0 Å². The number of ether oxygens (including phenoxy) is 11. The molecular formula is C81H81BCl3N7O21. The van der Waals surface area contributed by atoms with Gasteiger partial charge in [-0.25, -0.2) is 29.0 Å². The highest BCUT2D eigenvalue weighted by atomic mass is 35.5. The van der Waals surface area contributed by atoms with Crippen molar-refractivity contribution in [2.45, 2.75) is 13.8 Å². The molecule has 6 aromatic carbocycles. The number of aromatic nitrogens is 7. The Hall–Kier alpha value is -12.0. The zero-order chi connectivity index (χ0) is 80.4. The van der Waals surface area contributed by atoms with Gasteiger partial charge < -0.3 is 78.5 Å². The molecule has 0 amide bonds. The fourth-order valence-electron chi connectivity index (χ4n) is 9.98. The van der Waals surface area contributed by atoms with E-state index >= 15 is 0 Å². The highest BCUT2D eigenvalue weighted by Gasteiger charge is 2.17. The van der Waals surface area contributed by atoms with Crippen molar-refractivity contribution in [3.8, 4) is 23.0 Å². The first-order valence-electron chi connectivity index (χ1n) is 33.5. The number of rotatable bonds is 21. The van der Waals surface area contributed by atoms with Gasteiger partial charge in [-0.1, -0.05) is 64.5 Å². The highest BCUT2D eigenvalue weighted by molar-refractivity contribution is 6.36. The van der Waals surface area contributed by atoms with Gasteiger partial charge >= 0.3 is 29.8 Å². The van der Waals surface area contributed by atoms with Gasteiger partial charge in [0.2, 0.25) is 5.52 Å². The van der Waals surface area contributed by atoms with E-state index in [0.29, 0.717) is 135 Å². The number of benzene rings is 6. The predicted octanol–water partition coefficient (Wildman–Crippen LogP) is 12.3. The normalized spacial score (nSPS) is 10.2. The topological polar surface area (TPSA) is 395 Å². The summed E-state index contributed by atoms with van der Waals surface area (Å²) < 4.78 is 56.7. The van der Waals surface area contributed by atoms with E-state index in [0.717, 1.165) is 54.4 Å². The molecule has 113 heavy (non-hydrogen) atoms. The fourth-order valence-corrected chi connectivity index (χ4v) is 10.6. The third kappa shape index (κ3) is 27.5. The third-order valence-corrected chi connectivity index (χ3v) is 16.3. The number of carbonyl (C=O) groups is 5. The van der Waals surface area contributed by atoms with Gasteiger partial charge in [0.05, 0.1) is 119 Å². The summed E-state index contributed by atoms with van der Waals surface area (Å²) in [6.45, 7) is 7.59. The van der Waals surface area contributed by atoms with Gasteiger partial charge in [-0.15, -0.1) is 0 Å². The molecular weight excluding hydrogens is 1520 g/mol. The largest absolute Gasteiger partial charge is 0.618 e. The van der Waals surface area contributed by atoms with Gasteiger partial charge in [-0.3, -0.25) is 24.9 Å². The zero-order valence-corrected chi connectivity index (χ0v) is 65.1. The molecule has 0 saturated carbocycles. The van der Waals surface area contributed by atoms with Gasteiger partial charge in [0.15, 0.2) is 6.20 Å². The number of hydrogen-bond donors (Lipinski definition) is 2. The van der Waals surface area contributed by atoms with Gasteiger partial charge in [-0.2, -0.15) is 4.73 Å². The predicted molar refractivity (Wildman–Crippen MR) is 430 cm³/mol. The number of aromatic carboxylic acids is 2. The first-order chi connectivity index (χ1) is 53.5. The second-order valence-corrected chi connectivity index (χ2v) is 24.2. The number of halogens is 3. The molecule has 0 spiro atoms. The third-order valence-electron chi connectivity index (χ3n) is 15.4. The average molecular weight is 1610 g/mol. The van der Waals surface area contributed by atoms with Crippen LogP contribution < -0.4 is 29.1 Å². The molecule has 6 N–H and O–H groups in total. The molecule has 0 unspecified atom stereocenters. The lowest BCUT2D eigenvalue weighted by Crippen LogP contribution is -2.26. The van der Waals surface area contributed by atoms with E-state index in [1.165, 1.54) is 63.4 Å². The van der Waals surface area contributed by atoms with Crippen molar-refractivity contribution >= 4 is 143 Å². The van der Waals surface area contributed by atoms with E-state index in [2.05, 4.69) is 44.1 Å². The Balaban J connectivity index is 0.000000238. The van der Waals surface area contributed by atoms with E-state index in [4.69, 9.17) is 90.8 Å². The SMILES string of the molecule is COCCOc1cc(Cl)nc2cc(C(=O)OC)ccc12.COCCOc1cc[n+]([O-])c2cc(C(=O)OC)ccc12.COCCOc1ccnc2cc(C(=O)O)ccc12.COCCOc1ccnc2cc(C(=O)OC)ccc12.Cc1ccc2c(Cl)ccnc2c1.O.O.O=C(O)c1ccc2c(Cl)ccnc2c1.[B]c1ccnc(C)c1. The van der Waals surface area contributed by atoms with Gasteiger partial charge in [0, 0.05) is 110 Å². The van der Waals surface area contributed by atoms with Gasteiger partial charge in [-0.05, 0) is 135 Å². The molecule has 0 aliphatic heterocycles. The monoisotopic (exact) mass is 1600 g/mol. The molecule has 0 aliphatic rings. The Morgan fingerprint density at radius 2 is 0.743 bits per heavy atom. The van der Waals surface area contributed by atoms with Crippen LogP contribution in [-0.2, 0) is 33.2 Å². The maximum atomic E-state index is 11.8. The molecule has 13 aromatic rings. The smallest absolute Gasteiger partial charge is 0.338 e. The number of esters is 3. The maximum Gasteiger partial charge on any atom is 0.338 e. The van der Waals surface area contributed by atoms with Crippen molar-refractivity contribution in [1.29, 1.82) is 0 Å². The van der Waals surface area contributed by atoms with Crippen molar-refractivity contribution < 1.29 is 102 Å². The Labute approximate surface area is 665 Å². The highest BCUT2D eigenvalue weighted by Crippen LogP contribution is 2.31. The van der Waals surface area contributed by atoms with Crippen molar-refractivity contribution in [3.63, 3.8) is 0 Å². The van der Waals surface area contributed by atoms with Crippen molar-refractivity contribution in [1.82, 2.24) is 29.9 Å². The lowest BCUT2D eigenvalue weighted by molar-refractivity contribution is -0.577. The molecule has 0 atom stereocenters. The molecule has 0 fully saturated rings. The van der Waals surface area contributed by atoms with Crippen LogP contribution in [0, 0.1) is 19.1 Å². The number of methoxy groups -OCH3 is 7. The summed E-state index contributed by atoms with van der Waals surface area (Å²) in [4.78, 5) is 80.7. The van der Waals surface area contributed by atoms with Crippen LogP contribution in [0.15, 0.2) is 195 Å². The second-order valence-electron chi connectivity index (χ2n) is 23.0. The number of carboxylic acids is 2. The van der Waals surface area contributed by atoms with Gasteiger partial charge in [0.1, 0.15) is 62.4 Å². The Kier molecular flexibility index (Phi) is 38.3. The summed E-state index contributed by atoms with van der Waals surface area (Å²) in [5.74, 6) is -0.651. The summed E-state index contributed by atoms with van der Waals surface area (Å²) in [6, 6.07) is 44.3. The number of fused-ring (bicyclic) bond motifs is 6. The minimum absolute atomic E-state index is 0. The average Bonchev–Trinajstić information content (AvgIpc) is 0.810. The molecule has 28 nitrogen and oxygen atoms in total. The molecule has 0 bridgehead atoms. The first-order valence-corrected chi connectivity index (χ1v) is 34.6. The van der Waals surface area contributed by atoms with Crippen molar-refractivity contribution in [3.05, 3.63) is 254 Å². The number of carboxylic acid groups (broad SMARTS) is 2. The minimum Gasteiger partial charge on any atom is -0.618 e. The van der Waals surface area contributed by atoms with Crippen LogP contribution in [0.25, 0.3) is 65.4 Å². The summed E-state index contributed by atoms with van der Waals surface area (Å²) in [5.41, 5.74) is 8.35. The quantitative estimate of drug-likeness (QED) is 0.0128. The Morgan fingerprint density at radius 3 is 1.17 bits per heavy atom. The molecule has 0 saturated heterocycles. The van der Waals surface area contributed by atoms with E-state index in [9.17, 15) is 29.2 Å². The number of aryl methyl sites for hydroxylation is 2. The molecule has 0 aliphatic carbocycles. The maximum absolute atomic E-state index is 11.8. The van der Waals surface area contributed by atoms with Crippen LogP contribution in [0.3, 0.4) is 0 Å². The second kappa shape index (κ2) is 47.2. The number of nitrogens with zero attached hydrogens (tertiary/aromatic N) is 7. The summed E-state index contributed by atoms with van der Waals surface area (Å²) in [7, 11) is 15.8. The van der Waals surface area contributed by atoms with E-state index < -0.39 is 23.9 Å². The summed E-state index contributed by atoms with van der Waals surface area (Å²) in [6.07, 6.45) is 9.55. The molecule has 13 rings (SSSR count). The zero-order valence-electron chi connectivity index (χ0n) is 62.8. The molecule has 7 aromatic heterocycles. The minimum atomic E-state index is -0.968. The summed E-state index contributed by atoms with van der Waals surface area (Å²) >= 11 is 17.8. The van der Waals surface area contributed by atoms with Crippen LogP contribution in [0.1, 0.15) is 63.0 Å².